The molecule has 0 bridgehead atoms. The first-order valence-electron chi connectivity index (χ1n) is 6.66. The summed E-state index contributed by atoms with van der Waals surface area (Å²) < 4.78 is 36.6. The largest absolute Gasteiger partial charge is 0.310 e. The van der Waals surface area contributed by atoms with Gasteiger partial charge in [-0.15, -0.1) is 0 Å². The number of hydrogen-bond donors (Lipinski definition) is 1. The molecular formula is C14H20FNO2S. The molecule has 0 aliphatic carbocycles. The third-order valence-corrected chi connectivity index (χ3v) is 5.29. The number of sulfone groups is 1. The summed E-state index contributed by atoms with van der Waals surface area (Å²) in [7, 11) is -2.90. The molecule has 2 unspecified atom stereocenters. The van der Waals surface area contributed by atoms with E-state index in [0.29, 0.717) is 24.2 Å². The van der Waals surface area contributed by atoms with Gasteiger partial charge >= 0.3 is 0 Å². The lowest BCUT2D eigenvalue weighted by atomic mass is 10.0. The second-order valence-electron chi connectivity index (χ2n) is 5.32. The van der Waals surface area contributed by atoms with Crippen molar-refractivity contribution in [2.75, 3.05) is 11.5 Å². The average Bonchev–Trinajstić information content (AvgIpc) is 2.30. The van der Waals surface area contributed by atoms with Gasteiger partial charge in [-0.05, 0) is 37.8 Å². The minimum Gasteiger partial charge on any atom is -0.310 e. The molecule has 2 rings (SSSR count). The SMILES string of the molecule is CC(Cc1ccccc1F)NC1CCCS(=O)(=O)C1. The van der Waals surface area contributed by atoms with Crippen molar-refractivity contribution in [1.82, 2.24) is 5.32 Å². The normalized spacial score (nSPS) is 24.0. The molecular weight excluding hydrogens is 265 g/mol. The Balaban J connectivity index is 1.91. The van der Waals surface area contributed by atoms with Crippen molar-refractivity contribution in [2.24, 2.45) is 0 Å². The monoisotopic (exact) mass is 285 g/mol. The van der Waals surface area contributed by atoms with Gasteiger partial charge in [0.15, 0.2) is 9.84 Å². The summed E-state index contributed by atoms with van der Waals surface area (Å²) in [4.78, 5) is 0. The van der Waals surface area contributed by atoms with E-state index in [0.717, 1.165) is 6.42 Å². The van der Waals surface area contributed by atoms with Crippen LogP contribution < -0.4 is 5.32 Å². The Morgan fingerprint density at radius 3 is 2.84 bits per heavy atom. The van der Waals surface area contributed by atoms with Crippen LogP contribution in [0.2, 0.25) is 0 Å². The number of hydrogen-bond acceptors (Lipinski definition) is 3. The lowest BCUT2D eigenvalue weighted by Crippen LogP contribution is -2.45. The van der Waals surface area contributed by atoms with Gasteiger partial charge in [0, 0.05) is 12.1 Å². The van der Waals surface area contributed by atoms with E-state index in [2.05, 4.69) is 5.32 Å². The average molecular weight is 285 g/mol. The highest BCUT2D eigenvalue weighted by molar-refractivity contribution is 7.91. The minimum absolute atomic E-state index is 0.000485. The summed E-state index contributed by atoms with van der Waals surface area (Å²) in [5.41, 5.74) is 0.668. The predicted molar refractivity (Wildman–Crippen MR) is 74.4 cm³/mol. The molecule has 1 aromatic carbocycles. The second-order valence-corrected chi connectivity index (χ2v) is 7.55. The molecule has 1 fully saturated rings. The third kappa shape index (κ3) is 4.28. The zero-order valence-corrected chi connectivity index (χ0v) is 11.9. The number of nitrogens with one attached hydrogen (secondary N) is 1. The summed E-state index contributed by atoms with van der Waals surface area (Å²) in [6.07, 6.45) is 2.16. The molecule has 106 valence electrons. The van der Waals surface area contributed by atoms with Crippen molar-refractivity contribution < 1.29 is 12.8 Å². The van der Waals surface area contributed by atoms with E-state index < -0.39 is 9.84 Å². The first-order valence-corrected chi connectivity index (χ1v) is 8.48. The summed E-state index contributed by atoms with van der Waals surface area (Å²) in [5, 5.41) is 3.30. The van der Waals surface area contributed by atoms with Crippen molar-refractivity contribution in [3.05, 3.63) is 35.6 Å². The van der Waals surface area contributed by atoms with Crippen molar-refractivity contribution in [2.45, 2.75) is 38.3 Å². The predicted octanol–water partition coefficient (Wildman–Crippen LogP) is 1.92. The highest BCUT2D eigenvalue weighted by atomic mass is 32.2. The standard InChI is InChI=1S/C14H20FNO2S/c1-11(9-12-5-2-3-7-14(12)15)16-13-6-4-8-19(17,18)10-13/h2-3,5,7,11,13,16H,4,6,8-10H2,1H3. The molecule has 0 spiro atoms. The number of halogens is 1. The molecule has 1 aliphatic heterocycles. The zero-order chi connectivity index (χ0) is 13.9. The van der Waals surface area contributed by atoms with Crippen LogP contribution in [-0.2, 0) is 16.3 Å². The Kier molecular flexibility index (Phi) is 4.58. The van der Waals surface area contributed by atoms with E-state index >= 15 is 0 Å². The van der Waals surface area contributed by atoms with Crippen LogP contribution in [0.25, 0.3) is 0 Å². The van der Waals surface area contributed by atoms with E-state index in [9.17, 15) is 12.8 Å². The fraction of sp³-hybridized carbons (Fsp3) is 0.571. The van der Waals surface area contributed by atoms with Crippen LogP contribution in [0, 0.1) is 5.82 Å². The van der Waals surface area contributed by atoms with Crippen molar-refractivity contribution in [1.29, 1.82) is 0 Å². The van der Waals surface area contributed by atoms with Crippen molar-refractivity contribution in [3.8, 4) is 0 Å². The number of benzene rings is 1. The van der Waals surface area contributed by atoms with Crippen LogP contribution in [0.5, 0.6) is 0 Å². The van der Waals surface area contributed by atoms with Gasteiger partial charge in [0.2, 0.25) is 0 Å². The van der Waals surface area contributed by atoms with Gasteiger partial charge in [0.05, 0.1) is 11.5 Å². The van der Waals surface area contributed by atoms with Gasteiger partial charge in [-0.2, -0.15) is 0 Å². The van der Waals surface area contributed by atoms with E-state index in [1.165, 1.54) is 6.07 Å². The fourth-order valence-corrected chi connectivity index (χ4v) is 4.26. The van der Waals surface area contributed by atoms with E-state index in [4.69, 9.17) is 0 Å². The Labute approximate surface area is 114 Å². The molecule has 0 aromatic heterocycles. The molecule has 0 radical (unpaired) electrons. The lowest BCUT2D eigenvalue weighted by molar-refractivity contribution is 0.424. The maximum atomic E-state index is 13.5. The van der Waals surface area contributed by atoms with Crippen molar-refractivity contribution in [3.63, 3.8) is 0 Å². The van der Waals surface area contributed by atoms with Crippen LogP contribution >= 0.6 is 0 Å². The van der Waals surface area contributed by atoms with Crippen LogP contribution in [0.4, 0.5) is 4.39 Å². The highest BCUT2D eigenvalue weighted by Crippen LogP contribution is 2.14. The molecule has 5 heteroatoms. The molecule has 1 N–H and O–H groups in total. The Morgan fingerprint density at radius 1 is 1.42 bits per heavy atom. The lowest BCUT2D eigenvalue weighted by Gasteiger charge is -2.26. The maximum Gasteiger partial charge on any atom is 0.151 e. The Morgan fingerprint density at radius 2 is 2.16 bits per heavy atom. The quantitative estimate of drug-likeness (QED) is 0.919. The van der Waals surface area contributed by atoms with Crippen LogP contribution in [0.1, 0.15) is 25.3 Å². The van der Waals surface area contributed by atoms with E-state index in [1.807, 2.05) is 13.0 Å². The van der Waals surface area contributed by atoms with Crippen LogP contribution in [0.3, 0.4) is 0 Å². The van der Waals surface area contributed by atoms with E-state index in [1.54, 1.807) is 12.1 Å². The highest BCUT2D eigenvalue weighted by Gasteiger charge is 2.25. The molecule has 19 heavy (non-hydrogen) atoms. The molecule has 0 amide bonds. The molecule has 2 atom stereocenters. The van der Waals surface area contributed by atoms with Gasteiger partial charge in [0.25, 0.3) is 0 Å². The van der Waals surface area contributed by atoms with Crippen LogP contribution in [-0.4, -0.2) is 32.0 Å². The molecule has 0 saturated carbocycles. The first-order chi connectivity index (χ1) is 8.96. The maximum absolute atomic E-state index is 13.5. The van der Waals surface area contributed by atoms with Gasteiger partial charge in [-0.3, -0.25) is 0 Å². The minimum atomic E-state index is -2.90. The summed E-state index contributed by atoms with van der Waals surface area (Å²) in [5.74, 6) is 0.300. The Hall–Kier alpha value is -0.940. The first kappa shape index (κ1) is 14.5. The summed E-state index contributed by atoms with van der Waals surface area (Å²) >= 11 is 0. The Bertz CT molecular complexity index is 530. The van der Waals surface area contributed by atoms with Gasteiger partial charge in [-0.25, -0.2) is 12.8 Å². The molecule has 1 aromatic rings. The molecule has 1 saturated heterocycles. The third-order valence-electron chi connectivity index (χ3n) is 3.47. The van der Waals surface area contributed by atoms with Gasteiger partial charge < -0.3 is 5.32 Å². The van der Waals surface area contributed by atoms with Gasteiger partial charge in [0.1, 0.15) is 5.82 Å². The van der Waals surface area contributed by atoms with Gasteiger partial charge in [-0.1, -0.05) is 18.2 Å². The second kappa shape index (κ2) is 6.01. The summed E-state index contributed by atoms with van der Waals surface area (Å²) in [6.45, 7) is 1.97. The number of rotatable bonds is 4. The van der Waals surface area contributed by atoms with Crippen molar-refractivity contribution >= 4 is 9.84 Å². The molecule has 1 heterocycles. The topological polar surface area (TPSA) is 46.2 Å². The zero-order valence-electron chi connectivity index (χ0n) is 11.1. The smallest absolute Gasteiger partial charge is 0.151 e. The van der Waals surface area contributed by atoms with Crippen LogP contribution in [0.15, 0.2) is 24.3 Å². The fourth-order valence-electron chi connectivity index (χ4n) is 2.61. The summed E-state index contributed by atoms with van der Waals surface area (Å²) in [6, 6.07) is 6.77. The van der Waals surface area contributed by atoms with E-state index in [-0.39, 0.29) is 23.7 Å². The molecule has 1 aliphatic rings. The molecule has 3 nitrogen and oxygen atoms in total.